The SMILES string of the molecule is COC(=O)C(O)(c1ccccc1)C(C)C(=O)c1ccccc1. The summed E-state index contributed by atoms with van der Waals surface area (Å²) in [4.78, 5) is 24.8. The number of carbonyl (C=O) groups is 2. The number of ketones is 1. The predicted molar refractivity (Wildman–Crippen MR) is 82.3 cm³/mol. The van der Waals surface area contributed by atoms with Crippen molar-refractivity contribution in [1.29, 1.82) is 0 Å². The van der Waals surface area contributed by atoms with Crippen molar-refractivity contribution in [2.75, 3.05) is 7.11 Å². The Morgan fingerprint density at radius 2 is 1.50 bits per heavy atom. The monoisotopic (exact) mass is 298 g/mol. The van der Waals surface area contributed by atoms with Gasteiger partial charge >= 0.3 is 5.97 Å². The molecule has 1 N–H and O–H groups in total. The first kappa shape index (κ1) is 15.9. The number of ether oxygens (including phenoxy) is 1. The average Bonchev–Trinajstić information content (AvgIpc) is 2.60. The zero-order valence-corrected chi connectivity index (χ0v) is 12.5. The van der Waals surface area contributed by atoms with E-state index in [0.29, 0.717) is 11.1 Å². The summed E-state index contributed by atoms with van der Waals surface area (Å²) in [6.07, 6.45) is 0. The van der Waals surface area contributed by atoms with Gasteiger partial charge in [-0.05, 0) is 5.56 Å². The van der Waals surface area contributed by atoms with Crippen LogP contribution in [0.1, 0.15) is 22.8 Å². The molecule has 0 aliphatic rings. The predicted octanol–water partition coefficient (Wildman–Crippen LogP) is 2.57. The Labute approximate surface area is 129 Å². The standard InChI is InChI=1S/C18H18O4/c1-13(16(19)14-9-5-3-6-10-14)18(21,17(20)22-2)15-11-7-4-8-12-15/h3-13,21H,1-2H3. The van der Waals surface area contributed by atoms with Crippen LogP contribution < -0.4 is 0 Å². The molecule has 0 heterocycles. The van der Waals surface area contributed by atoms with E-state index in [1.165, 1.54) is 14.0 Å². The second kappa shape index (κ2) is 6.54. The highest BCUT2D eigenvalue weighted by atomic mass is 16.5. The molecule has 2 aromatic carbocycles. The van der Waals surface area contributed by atoms with Crippen LogP contribution in [0.25, 0.3) is 0 Å². The molecule has 4 nitrogen and oxygen atoms in total. The molecule has 0 radical (unpaired) electrons. The minimum absolute atomic E-state index is 0.322. The number of carbonyl (C=O) groups excluding carboxylic acids is 2. The molecule has 0 bridgehead atoms. The molecule has 0 aliphatic heterocycles. The van der Waals surface area contributed by atoms with Gasteiger partial charge in [0.2, 0.25) is 0 Å². The zero-order valence-electron chi connectivity index (χ0n) is 12.5. The summed E-state index contributed by atoms with van der Waals surface area (Å²) in [6, 6.07) is 16.9. The summed E-state index contributed by atoms with van der Waals surface area (Å²) in [5, 5.41) is 11.0. The van der Waals surface area contributed by atoms with Gasteiger partial charge in [-0.15, -0.1) is 0 Å². The fourth-order valence-corrected chi connectivity index (χ4v) is 2.43. The Bertz CT molecular complexity index is 651. The number of methoxy groups -OCH3 is 1. The summed E-state index contributed by atoms with van der Waals surface area (Å²) in [6.45, 7) is 1.53. The third-order valence-corrected chi connectivity index (χ3v) is 3.79. The fraction of sp³-hybridized carbons (Fsp3) is 0.222. The maximum absolute atomic E-state index is 12.6. The molecule has 4 heteroatoms. The highest BCUT2D eigenvalue weighted by Crippen LogP contribution is 2.33. The molecule has 0 saturated heterocycles. The molecule has 0 amide bonds. The van der Waals surface area contributed by atoms with Crippen molar-refractivity contribution in [1.82, 2.24) is 0 Å². The molecule has 2 aromatic rings. The topological polar surface area (TPSA) is 63.6 Å². The van der Waals surface area contributed by atoms with Gasteiger partial charge < -0.3 is 9.84 Å². The van der Waals surface area contributed by atoms with Gasteiger partial charge in [0, 0.05) is 5.56 Å². The molecule has 22 heavy (non-hydrogen) atoms. The van der Waals surface area contributed by atoms with Crippen LogP contribution >= 0.6 is 0 Å². The molecule has 114 valence electrons. The molecule has 0 spiro atoms. The molecule has 0 saturated carbocycles. The van der Waals surface area contributed by atoms with Gasteiger partial charge in [0.15, 0.2) is 11.4 Å². The molecule has 2 rings (SSSR count). The summed E-state index contributed by atoms with van der Waals surface area (Å²) < 4.78 is 4.74. The summed E-state index contributed by atoms with van der Waals surface area (Å²) in [7, 11) is 1.19. The molecule has 2 atom stereocenters. The Kier molecular flexibility index (Phi) is 4.73. The van der Waals surface area contributed by atoms with E-state index in [4.69, 9.17) is 4.74 Å². The van der Waals surface area contributed by atoms with E-state index in [2.05, 4.69) is 0 Å². The van der Waals surface area contributed by atoms with Crippen molar-refractivity contribution >= 4 is 11.8 Å². The second-order valence-corrected chi connectivity index (χ2v) is 5.08. The second-order valence-electron chi connectivity index (χ2n) is 5.08. The van der Waals surface area contributed by atoms with Gasteiger partial charge in [0.25, 0.3) is 0 Å². The molecule has 0 aliphatic carbocycles. The summed E-state index contributed by atoms with van der Waals surface area (Å²) >= 11 is 0. The van der Waals surface area contributed by atoms with E-state index in [9.17, 15) is 14.7 Å². The van der Waals surface area contributed by atoms with Crippen LogP contribution in [0.4, 0.5) is 0 Å². The number of benzene rings is 2. The smallest absolute Gasteiger partial charge is 0.343 e. The summed E-state index contributed by atoms with van der Waals surface area (Å²) in [5.41, 5.74) is -1.25. The first-order valence-corrected chi connectivity index (χ1v) is 6.97. The van der Waals surface area contributed by atoms with Crippen molar-refractivity contribution in [3.63, 3.8) is 0 Å². The van der Waals surface area contributed by atoms with Gasteiger partial charge in [-0.2, -0.15) is 0 Å². The lowest BCUT2D eigenvalue weighted by atomic mass is 9.78. The number of hydrogen-bond donors (Lipinski definition) is 1. The van der Waals surface area contributed by atoms with Crippen LogP contribution in [0.15, 0.2) is 60.7 Å². The zero-order chi connectivity index (χ0) is 16.2. The molecular weight excluding hydrogens is 280 g/mol. The van der Waals surface area contributed by atoms with Crippen LogP contribution in [0.2, 0.25) is 0 Å². The third-order valence-electron chi connectivity index (χ3n) is 3.79. The maximum Gasteiger partial charge on any atom is 0.343 e. The van der Waals surface area contributed by atoms with Gasteiger partial charge in [-0.25, -0.2) is 4.79 Å². The van der Waals surface area contributed by atoms with Crippen LogP contribution in [0, 0.1) is 5.92 Å². The minimum Gasteiger partial charge on any atom is -0.467 e. The number of aliphatic hydroxyl groups is 1. The largest absolute Gasteiger partial charge is 0.467 e. The number of hydrogen-bond acceptors (Lipinski definition) is 4. The lowest BCUT2D eigenvalue weighted by Gasteiger charge is -2.31. The highest BCUT2D eigenvalue weighted by molar-refractivity contribution is 6.01. The van der Waals surface area contributed by atoms with Crippen LogP contribution in [-0.4, -0.2) is 24.0 Å². The van der Waals surface area contributed by atoms with Gasteiger partial charge in [-0.1, -0.05) is 67.6 Å². The fourth-order valence-electron chi connectivity index (χ4n) is 2.43. The average molecular weight is 298 g/mol. The van der Waals surface area contributed by atoms with Crippen LogP contribution in [0.3, 0.4) is 0 Å². The van der Waals surface area contributed by atoms with Crippen LogP contribution in [-0.2, 0) is 15.1 Å². The third kappa shape index (κ3) is 2.78. The normalized spacial score (nSPS) is 14.7. The van der Waals surface area contributed by atoms with Crippen molar-refractivity contribution in [3.8, 4) is 0 Å². The lowest BCUT2D eigenvalue weighted by Crippen LogP contribution is -2.46. The Morgan fingerprint density at radius 3 is 2.00 bits per heavy atom. The van der Waals surface area contributed by atoms with Crippen molar-refractivity contribution in [2.45, 2.75) is 12.5 Å². The van der Waals surface area contributed by atoms with Crippen molar-refractivity contribution < 1.29 is 19.4 Å². The Morgan fingerprint density at radius 1 is 1.00 bits per heavy atom. The summed E-state index contributed by atoms with van der Waals surface area (Å²) in [5.74, 6) is -2.16. The van der Waals surface area contributed by atoms with Gasteiger partial charge in [-0.3, -0.25) is 4.79 Å². The van der Waals surface area contributed by atoms with E-state index in [1.807, 2.05) is 0 Å². The van der Waals surface area contributed by atoms with Gasteiger partial charge in [0.1, 0.15) is 0 Å². The van der Waals surface area contributed by atoms with E-state index >= 15 is 0 Å². The number of esters is 1. The Balaban J connectivity index is 2.46. The van der Waals surface area contributed by atoms with Gasteiger partial charge in [0.05, 0.1) is 13.0 Å². The maximum atomic E-state index is 12.6. The quantitative estimate of drug-likeness (QED) is 0.680. The Hall–Kier alpha value is -2.46. The number of rotatable bonds is 5. The molecular formula is C18H18O4. The first-order chi connectivity index (χ1) is 10.5. The minimum atomic E-state index is -2.02. The van der Waals surface area contributed by atoms with Crippen molar-refractivity contribution in [3.05, 3.63) is 71.8 Å². The van der Waals surface area contributed by atoms with E-state index in [-0.39, 0.29) is 5.78 Å². The van der Waals surface area contributed by atoms with Crippen molar-refractivity contribution in [2.24, 2.45) is 5.92 Å². The number of Topliss-reactive ketones (excluding diaryl/α,β-unsaturated/α-hetero) is 1. The van der Waals surface area contributed by atoms with E-state index in [0.717, 1.165) is 0 Å². The van der Waals surface area contributed by atoms with Crippen LogP contribution in [0.5, 0.6) is 0 Å². The molecule has 0 aromatic heterocycles. The molecule has 0 fully saturated rings. The lowest BCUT2D eigenvalue weighted by molar-refractivity contribution is -0.167. The molecule has 2 unspecified atom stereocenters. The highest BCUT2D eigenvalue weighted by Gasteiger charge is 2.47. The van der Waals surface area contributed by atoms with E-state index < -0.39 is 17.5 Å². The first-order valence-electron chi connectivity index (χ1n) is 6.97. The van der Waals surface area contributed by atoms with E-state index in [1.54, 1.807) is 60.7 Å².